The van der Waals surface area contributed by atoms with Gasteiger partial charge in [0.15, 0.2) is 0 Å². The molecule has 6 nitrogen and oxygen atoms in total. The van der Waals surface area contributed by atoms with Crippen LogP contribution in [0.4, 0.5) is 5.69 Å². The van der Waals surface area contributed by atoms with Crippen molar-refractivity contribution in [3.05, 3.63) is 18.2 Å². The summed E-state index contributed by atoms with van der Waals surface area (Å²) in [6, 6.07) is 5.06. The highest BCUT2D eigenvalue weighted by atomic mass is 16.5. The van der Waals surface area contributed by atoms with E-state index in [2.05, 4.69) is 0 Å². The Morgan fingerprint density at radius 1 is 1.21 bits per heavy atom. The van der Waals surface area contributed by atoms with Gasteiger partial charge in [-0.25, -0.2) is 0 Å². The summed E-state index contributed by atoms with van der Waals surface area (Å²) in [6.45, 7) is 0. The van der Waals surface area contributed by atoms with Crippen molar-refractivity contribution in [3.8, 4) is 11.5 Å². The van der Waals surface area contributed by atoms with Gasteiger partial charge in [-0.05, 0) is 12.1 Å². The predicted molar refractivity (Wildman–Crippen MR) is 69.8 cm³/mol. The van der Waals surface area contributed by atoms with Crippen LogP contribution >= 0.6 is 0 Å². The minimum absolute atomic E-state index is 0.0545. The quantitative estimate of drug-likeness (QED) is 0.846. The molecule has 1 N–H and O–H groups in total. The lowest BCUT2D eigenvalue weighted by Crippen LogP contribution is -2.27. The molecule has 0 bridgehead atoms. The zero-order chi connectivity index (χ0) is 14.4. The van der Waals surface area contributed by atoms with Gasteiger partial charge in [0.1, 0.15) is 11.5 Å². The first-order valence-corrected chi connectivity index (χ1v) is 5.70. The van der Waals surface area contributed by atoms with Crippen LogP contribution in [0.15, 0.2) is 18.2 Å². The van der Waals surface area contributed by atoms with E-state index in [0.717, 1.165) is 0 Å². The van der Waals surface area contributed by atoms with Gasteiger partial charge in [0.2, 0.25) is 5.91 Å². The first-order chi connectivity index (χ1) is 8.99. The van der Waals surface area contributed by atoms with Gasteiger partial charge in [0.05, 0.1) is 26.3 Å². The number of carboxylic acid groups (broad SMARTS) is 1. The number of benzene rings is 1. The normalized spacial score (nSPS) is 9.84. The summed E-state index contributed by atoms with van der Waals surface area (Å²) in [7, 11) is 4.61. The fraction of sp³-hybridized carbons (Fsp3) is 0.385. The van der Waals surface area contributed by atoms with Crippen LogP contribution in [0.25, 0.3) is 0 Å². The molecule has 0 atom stereocenters. The smallest absolute Gasteiger partial charge is 0.303 e. The maximum absolute atomic E-state index is 11.8. The number of nitrogens with zero attached hydrogens (tertiary/aromatic N) is 1. The van der Waals surface area contributed by atoms with Gasteiger partial charge in [0.25, 0.3) is 0 Å². The van der Waals surface area contributed by atoms with Crippen molar-refractivity contribution in [3.63, 3.8) is 0 Å². The second kappa shape index (κ2) is 6.63. The second-order valence-electron chi connectivity index (χ2n) is 3.88. The van der Waals surface area contributed by atoms with Gasteiger partial charge >= 0.3 is 5.97 Å². The molecule has 104 valence electrons. The third kappa shape index (κ3) is 3.87. The average molecular weight is 267 g/mol. The van der Waals surface area contributed by atoms with Crippen LogP contribution in [0.3, 0.4) is 0 Å². The zero-order valence-electron chi connectivity index (χ0n) is 11.2. The highest BCUT2D eigenvalue weighted by Crippen LogP contribution is 2.31. The summed E-state index contributed by atoms with van der Waals surface area (Å²) >= 11 is 0. The SMILES string of the molecule is COc1ccc(N(C)C(=O)CCC(=O)O)c(OC)c1. The molecule has 6 heteroatoms. The average Bonchev–Trinajstić information content (AvgIpc) is 2.42. The van der Waals surface area contributed by atoms with Gasteiger partial charge in [-0.1, -0.05) is 0 Å². The summed E-state index contributed by atoms with van der Waals surface area (Å²) in [5.74, 6) is -0.174. The maximum atomic E-state index is 11.8. The van der Waals surface area contributed by atoms with E-state index in [1.807, 2.05) is 0 Å². The van der Waals surface area contributed by atoms with Crippen molar-refractivity contribution < 1.29 is 24.2 Å². The number of rotatable bonds is 6. The lowest BCUT2D eigenvalue weighted by atomic mass is 10.2. The summed E-state index contributed by atoms with van der Waals surface area (Å²) in [6.07, 6.45) is -0.247. The van der Waals surface area contributed by atoms with Gasteiger partial charge in [0, 0.05) is 19.5 Å². The largest absolute Gasteiger partial charge is 0.497 e. The molecule has 0 aliphatic heterocycles. The number of methoxy groups -OCH3 is 2. The van der Waals surface area contributed by atoms with Crippen LogP contribution in [0, 0.1) is 0 Å². The third-order valence-corrected chi connectivity index (χ3v) is 2.68. The molecule has 0 radical (unpaired) electrons. The van der Waals surface area contributed by atoms with Crippen molar-refractivity contribution in [2.24, 2.45) is 0 Å². The predicted octanol–water partition coefficient (Wildman–Crippen LogP) is 1.53. The summed E-state index contributed by atoms with van der Waals surface area (Å²) in [4.78, 5) is 23.7. The Bertz CT molecular complexity index is 472. The van der Waals surface area contributed by atoms with Crippen LogP contribution in [0.1, 0.15) is 12.8 Å². The molecule has 0 aromatic heterocycles. The number of carbonyl (C=O) groups is 2. The van der Waals surface area contributed by atoms with Crippen molar-refractivity contribution in [1.82, 2.24) is 0 Å². The Kier molecular flexibility index (Phi) is 5.17. The second-order valence-corrected chi connectivity index (χ2v) is 3.88. The number of anilines is 1. The molecule has 1 amide bonds. The number of amides is 1. The molecule has 0 unspecified atom stereocenters. The van der Waals surface area contributed by atoms with E-state index in [4.69, 9.17) is 14.6 Å². The van der Waals surface area contributed by atoms with Crippen molar-refractivity contribution in [1.29, 1.82) is 0 Å². The Balaban J connectivity index is 2.89. The molecule has 1 aromatic rings. The minimum Gasteiger partial charge on any atom is -0.497 e. The number of ether oxygens (including phenoxy) is 2. The topological polar surface area (TPSA) is 76.1 Å². The Hall–Kier alpha value is -2.24. The number of aliphatic carboxylic acids is 1. The molecule has 0 spiro atoms. The van der Waals surface area contributed by atoms with E-state index in [1.165, 1.54) is 19.1 Å². The lowest BCUT2D eigenvalue weighted by Gasteiger charge is -2.20. The van der Waals surface area contributed by atoms with E-state index in [9.17, 15) is 9.59 Å². The molecule has 0 heterocycles. The molecule has 0 saturated carbocycles. The molecular formula is C13H17NO5. The Morgan fingerprint density at radius 2 is 1.89 bits per heavy atom. The molecular weight excluding hydrogens is 250 g/mol. The van der Waals surface area contributed by atoms with Crippen molar-refractivity contribution in [2.45, 2.75) is 12.8 Å². The monoisotopic (exact) mass is 267 g/mol. The third-order valence-electron chi connectivity index (χ3n) is 2.68. The molecule has 0 saturated heterocycles. The van der Waals surface area contributed by atoms with E-state index in [-0.39, 0.29) is 18.7 Å². The van der Waals surface area contributed by atoms with Crippen LogP contribution in [0.2, 0.25) is 0 Å². The number of hydrogen-bond donors (Lipinski definition) is 1. The van der Waals surface area contributed by atoms with Crippen molar-refractivity contribution >= 4 is 17.6 Å². The standard InChI is InChI=1S/C13H17NO5/c1-14(12(15)6-7-13(16)17)10-5-4-9(18-2)8-11(10)19-3/h4-5,8H,6-7H2,1-3H3,(H,16,17). The van der Waals surface area contributed by atoms with Gasteiger partial charge in [-0.3, -0.25) is 9.59 Å². The van der Waals surface area contributed by atoms with Crippen molar-refractivity contribution in [2.75, 3.05) is 26.2 Å². The summed E-state index contributed by atoms with van der Waals surface area (Å²) < 4.78 is 10.3. The van der Waals surface area contributed by atoms with E-state index in [0.29, 0.717) is 17.2 Å². The molecule has 0 aliphatic carbocycles. The number of hydrogen-bond acceptors (Lipinski definition) is 4. The Morgan fingerprint density at radius 3 is 2.42 bits per heavy atom. The molecule has 19 heavy (non-hydrogen) atoms. The van der Waals surface area contributed by atoms with Gasteiger partial charge < -0.3 is 19.5 Å². The van der Waals surface area contributed by atoms with E-state index >= 15 is 0 Å². The zero-order valence-corrected chi connectivity index (χ0v) is 11.2. The van der Waals surface area contributed by atoms with Crippen LogP contribution in [-0.4, -0.2) is 38.3 Å². The van der Waals surface area contributed by atoms with Crippen LogP contribution < -0.4 is 14.4 Å². The highest BCUT2D eigenvalue weighted by Gasteiger charge is 2.16. The van der Waals surface area contributed by atoms with Gasteiger partial charge in [-0.15, -0.1) is 0 Å². The molecule has 0 fully saturated rings. The highest BCUT2D eigenvalue weighted by molar-refractivity contribution is 5.95. The first-order valence-electron chi connectivity index (χ1n) is 5.70. The molecule has 1 aromatic carbocycles. The van der Waals surface area contributed by atoms with Crippen LogP contribution in [-0.2, 0) is 9.59 Å². The fourth-order valence-corrected chi connectivity index (χ4v) is 1.58. The maximum Gasteiger partial charge on any atom is 0.303 e. The van der Waals surface area contributed by atoms with E-state index < -0.39 is 5.97 Å². The number of carboxylic acids is 1. The molecule has 1 rings (SSSR count). The fourth-order valence-electron chi connectivity index (χ4n) is 1.58. The minimum atomic E-state index is -0.997. The first kappa shape index (κ1) is 14.8. The molecule has 0 aliphatic rings. The summed E-state index contributed by atoms with van der Waals surface area (Å²) in [5, 5.41) is 8.57. The van der Waals surface area contributed by atoms with E-state index in [1.54, 1.807) is 25.2 Å². The number of carbonyl (C=O) groups excluding carboxylic acids is 1. The lowest BCUT2D eigenvalue weighted by molar-refractivity contribution is -0.138. The van der Waals surface area contributed by atoms with Crippen LogP contribution in [0.5, 0.6) is 11.5 Å². The summed E-state index contributed by atoms with van der Waals surface area (Å²) in [5.41, 5.74) is 0.568. The Labute approximate surface area is 111 Å². The van der Waals surface area contributed by atoms with Gasteiger partial charge in [-0.2, -0.15) is 0 Å².